The molecule has 94 valence electrons. The standard InChI is InChI=1S/C15H9ClFNO/c16-10-4-5-14-12(8-10)13(15(19)18-14)7-9-2-1-3-11(17)6-9/h1-8H,(H,18,19)/b13-7+. The molecule has 0 saturated heterocycles. The zero-order valence-corrected chi connectivity index (χ0v) is 10.5. The van der Waals surface area contributed by atoms with Crippen LogP contribution in [0.4, 0.5) is 10.1 Å². The smallest absolute Gasteiger partial charge is 0.256 e. The fraction of sp³-hybridized carbons (Fsp3) is 0. The minimum Gasteiger partial charge on any atom is -0.321 e. The second kappa shape index (κ2) is 4.52. The molecule has 0 bridgehead atoms. The second-order valence-electron chi connectivity index (χ2n) is 4.26. The van der Waals surface area contributed by atoms with Crippen molar-refractivity contribution in [3.8, 4) is 0 Å². The van der Waals surface area contributed by atoms with Crippen LogP contribution in [0.15, 0.2) is 42.5 Å². The monoisotopic (exact) mass is 273 g/mol. The average molecular weight is 274 g/mol. The maximum absolute atomic E-state index is 13.1. The Bertz CT molecular complexity index is 709. The highest BCUT2D eigenvalue weighted by Crippen LogP contribution is 2.34. The van der Waals surface area contributed by atoms with Crippen LogP contribution >= 0.6 is 11.6 Å². The Morgan fingerprint density at radius 1 is 1.16 bits per heavy atom. The van der Waals surface area contributed by atoms with Crippen molar-refractivity contribution < 1.29 is 9.18 Å². The van der Waals surface area contributed by atoms with E-state index in [2.05, 4.69) is 5.32 Å². The number of rotatable bonds is 1. The van der Waals surface area contributed by atoms with Crippen molar-refractivity contribution in [3.63, 3.8) is 0 Å². The maximum atomic E-state index is 13.1. The first-order valence-corrected chi connectivity index (χ1v) is 6.10. The molecule has 0 aromatic heterocycles. The summed E-state index contributed by atoms with van der Waals surface area (Å²) < 4.78 is 13.1. The molecule has 4 heteroatoms. The number of amides is 1. The van der Waals surface area contributed by atoms with Crippen LogP contribution < -0.4 is 5.32 Å². The highest BCUT2D eigenvalue weighted by atomic mass is 35.5. The fourth-order valence-electron chi connectivity index (χ4n) is 2.07. The van der Waals surface area contributed by atoms with Gasteiger partial charge in [-0.2, -0.15) is 0 Å². The third-order valence-corrected chi connectivity index (χ3v) is 3.16. The topological polar surface area (TPSA) is 29.1 Å². The number of halogens is 2. The number of carbonyl (C=O) groups excluding carboxylic acids is 1. The SMILES string of the molecule is O=C1Nc2ccc(Cl)cc2/C1=C\c1cccc(F)c1. The molecule has 0 spiro atoms. The Morgan fingerprint density at radius 2 is 2.00 bits per heavy atom. The number of hydrogen-bond acceptors (Lipinski definition) is 1. The third-order valence-electron chi connectivity index (χ3n) is 2.92. The normalized spacial score (nSPS) is 15.5. The lowest BCUT2D eigenvalue weighted by atomic mass is 10.0. The molecular formula is C15H9ClFNO. The van der Waals surface area contributed by atoms with E-state index >= 15 is 0 Å². The van der Waals surface area contributed by atoms with Crippen molar-refractivity contribution in [1.82, 2.24) is 0 Å². The van der Waals surface area contributed by atoms with Crippen LogP contribution in [0.3, 0.4) is 0 Å². The summed E-state index contributed by atoms with van der Waals surface area (Å²) in [5, 5.41) is 3.31. The van der Waals surface area contributed by atoms with E-state index in [0.29, 0.717) is 16.2 Å². The number of benzene rings is 2. The van der Waals surface area contributed by atoms with Crippen LogP contribution in [0.5, 0.6) is 0 Å². The number of anilines is 1. The van der Waals surface area contributed by atoms with Gasteiger partial charge in [0.2, 0.25) is 0 Å². The second-order valence-corrected chi connectivity index (χ2v) is 4.69. The molecule has 0 aliphatic carbocycles. The highest BCUT2D eigenvalue weighted by molar-refractivity contribution is 6.36. The molecule has 2 nitrogen and oxygen atoms in total. The molecule has 19 heavy (non-hydrogen) atoms. The van der Waals surface area contributed by atoms with Gasteiger partial charge in [-0.25, -0.2) is 4.39 Å². The first kappa shape index (κ1) is 11.9. The van der Waals surface area contributed by atoms with E-state index in [4.69, 9.17) is 11.6 Å². The van der Waals surface area contributed by atoms with Crippen LogP contribution in [-0.4, -0.2) is 5.91 Å². The van der Waals surface area contributed by atoms with Crippen molar-refractivity contribution in [2.24, 2.45) is 0 Å². The molecule has 0 saturated carbocycles. The molecule has 0 radical (unpaired) electrons. The highest BCUT2D eigenvalue weighted by Gasteiger charge is 2.24. The first-order valence-electron chi connectivity index (χ1n) is 5.72. The molecule has 1 aliphatic heterocycles. The van der Waals surface area contributed by atoms with E-state index < -0.39 is 0 Å². The van der Waals surface area contributed by atoms with Crippen LogP contribution in [0.1, 0.15) is 11.1 Å². The zero-order valence-electron chi connectivity index (χ0n) is 9.78. The molecule has 2 aromatic carbocycles. The number of nitrogens with one attached hydrogen (secondary N) is 1. The van der Waals surface area contributed by atoms with E-state index in [-0.39, 0.29) is 11.7 Å². The lowest BCUT2D eigenvalue weighted by Crippen LogP contribution is -2.03. The van der Waals surface area contributed by atoms with Crippen molar-refractivity contribution in [3.05, 3.63) is 64.4 Å². The predicted molar refractivity (Wildman–Crippen MR) is 74.4 cm³/mol. The predicted octanol–water partition coefficient (Wildman–Crippen LogP) is 3.97. The van der Waals surface area contributed by atoms with Crippen LogP contribution in [0, 0.1) is 5.82 Å². The Morgan fingerprint density at radius 3 is 2.79 bits per heavy atom. The van der Waals surface area contributed by atoms with E-state index in [1.54, 1.807) is 36.4 Å². The molecule has 0 fully saturated rings. The van der Waals surface area contributed by atoms with Crippen LogP contribution in [0.25, 0.3) is 11.6 Å². The van der Waals surface area contributed by atoms with Gasteiger partial charge in [-0.1, -0.05) is 23.7 Å². The third kappa shape index (κ3) is 2.25. The van der Waals surface area contributed by atoms with Gasteiger partial charge in [-0.05, 0) is 42.0 Å². The summed E-state index contributed by atoms with van der Waals surface area (Å²) >= 11 is 5.94. The van der Waals surface area contributed by atoms with Gasteiger partial charge >= 0.3 is 0 Å². The van der Waals surface area contributed by atoms with Crippen molar-refractivity contribution in [1.29, 1.82) is 0 Å². The van der Waals surface area contributed by atoms with Gasteiger partial charge in [0.05, 0.1) is 0 Å². The van der Waals surface area contributed by atoms with E-state index in [1.165, 1.54) is 12.1 Å². The quantitative estimate of drug-likeness (QED) is 0.783. The van der Waals surface area contributed by atoms with Gasteiger partial charge in [0.15, 0.2) is 0 Å². The summed E-state index contributed by atoms with van der Waals surface area (Å²) in [6.45, 7) is 0. The van der Waals surface area contributed by atoms with Gasteiger partial charge in [-0.15, -0.1) is 0 Å². The zero-order chi connectivity index (χ0) is 13.4. The van der Waals surface area contributed by atoms with E-state index in [1.807, 2.05) is 0 Å². The van der Waals surface area contributed by atoms with Gasteiger partial charge < -0.3 is 5.32 Å². The number of hydrogen-bond donors (Lipinski definition) is 1. The summed E-state index contributed by atoms with van der Waals surface area (Å²) in [7, 11) is 0. The van der Waals surface area contributed by atoms with Crippen molar-refractivity contribution in [2.45, 2.75) is 0 Å². The molecule has 1 heterocycles. The summed E-state index contributed by atoms with van der Waals surface area (Å²) in [5.74, 6) is -0.541. The lowest BCUT2D eigenvalue weighted by molar-refractivity contribution is -0.110. The molecule has 1 aliphatic rings. The van der Waals surface area contributed by atoms with Crippen LogP contribution in [-0.2, 0) is 4.79 Å². The summed E-state index contributed by atoms with van der Waals surface area (Å²) in [4.78, 5) is 11.9. The molecule has 2 aromatic rings. The Balaban J connectivity index is 2.11. The first-order chi connectivity index (χ1) is 9.13. The summed E-state index contributed by atoms with van der Waals surface area (Å²) in [5.41, 5.74) is 2.58. The van der Waals surface area contributed by atoms with Gasteiger partial charge in [0.1, 0.15) is 5.82 Å². The lowest BCUT2D eigenvalue weighted by Gasteiger charge is -1.99. The van der Waals surface area contributed by atoms with E-state index in [9.17, 15) is 9.18 Å². The Labute approximate surface area is 114 Å². The van der Waals surface area contributed by atoms with Gasteiger partial charge in [0, 0.05) is 21.8 Å². The minimum absolute atomic E-state index is 0.207. The van der Waals surface area contributed by atoms with Crippen molar-refractivity contribution in [2.75, 3.05) is 5.32 Å². The molecular weight excluding hydrogens is 265 g/mol. The molecule has 1 amide bonds. The minimum atomic E-state index is -0.334. The van der Waals surface area contributed by atoms with E-state index in [0.717, 1.165) is 11.3 Å². The molecule has 3 rings (SSSR count). The summed E-state index contributed by atoms with van der Waals surface area (Å²) in [6.07, 6.45) is 1.65. The Kier molecular flexibility index (Phi) is 2.84. The fourth-order valence-corrected chi connectivity index (χ4v) is 2.24. The largest absolute Gasteiger partial charge is 0.321 e. The molecule has 1 N–H and O–H groups in total. The van der Waals surface area contributed by atoms with Gasteiger partial charge in [0.25, 0.3) is 5.91 Å². The Hall–Kier alpha value is -2.13. The number of fused-ring (bicyclic) bond motifs is 1. The maximum Gasteiger partial charge on any atom is 0.256 e. The molecule has 0 atom stereocenters. The average Bonchev–Trinajstić information content (AvgIpc) is 2.66. The van der Waals surface area contributed by atoms with Crippen LogP contribution in [0.2, 0.25) is 5.02 Å². The summed E-state index contributed by atoms with van der Waals surface area (Å²) in [6, 6.07) is 11.3. The van der Waals surface area contributed by atoms with Gasteiger partial charge in [-0.3, -0.25) is 4.79 Å². The van der Waals surface area contributed by atoms with Crippen molar-refractivity contribution >= 4 is 34.8 Å². The number of carbonyl (C=O) groups is 1. The molecule has 0 unspecified atom stereocenters.